The van der Waals surface area contributed by atoms with E-state index in [1.54, 1.807) is 0 Å². The molecule has 0 aromatic heterocycles. The Morgan fingerprint density at radius 3 is 2.52 bits per heavy atom. The largest absolute Gasteiger partial charge is 0.393 e. The van der Waals surface area contributed by atoms with E-state index >= 15 is 0 Å². The van der Waals surface area contributed by atoms with Gasteiger partial charge in [-0.15, -0.1) is 0 Å². The molecular formula is C26H31BrO2. The number of halogens is 1. The zero-order valence-corrected chi connectivity index (χ0v) is 19.0. The maximum absolute atomic E-state index is 13.5. The van der Waals surface area contributed by atoms with Crippen molar-refractivity contribution < 1.29 is 9.90 Å². The Morgan fingerprint density at radius 1 is 1.03 bits per heavy atom. The molecule has 0 amide bonds. The van der Waals surface area contributed by atoms with Crippen LogP contribution < -0.4 is 0 Å². The van der Waals surface area contributed by atoms with Gasteiger partial charge in [-0.3, -0.25) is 4.79 Å². The fourth-order valence-corrected chi connectivity index (χ4v) is 7.47. The minimum absolute atomic E-state index is 0.159. The standard InChI is InChI=1S/C26H31BrO2/c1-25-11-9-20(28)15-18(25)5-8-21-22(25)10-12-26(2)23(21)14-17(24(26)29)13-16-3-6-19(27)7-4-16/h3-7,13,20-23,28H,8-12,14-15H2,1-2H3/b17-13+/t20-,21+,22-,23-,25+,26+/m1/s1. The van der Waals surface area contributed by atoms with Gasteiger partial charge in [0.1, 0.15) is 0 Å². The van der Waals surface area contributed by atoms with E-state index in [-0.39, 0.29) is 16.9 Å². The van der Waals surface area contributed by atoms with E-state index < -0.39 is 0 Å². The van der Waals surface area contributed by atoms with Crippen molar-refractivity contribution in [2.75, 3.05) is 0 Å². The highest BCUT2D eigenvalue weighted by Gasteiger charge is 2.59. The molecule has 0 aliphatic heterocycles. The van der Waals surface area contributed by atoms with Crippen molar-refractivity contribution in [2.24, 2.45) is 28.6 Å². The molecule has 1 aromatic rings. The Kier molecular flexibility index (Phi) is 4.71. The Morgan fingerprint density at radius 2 is 1.76 bits per heavy atom. The number of carbonyl (C=O) groups excluding carboxylic acids is 1. The maximum Gasteiger partial charge on any atom is 0.165 e. The van der Waals surface area contributed by atoms with Crippen LogP contribution in [0.4, 0.5) is 0 Å². The van der Waals surface area contributed by atoms with Gasteiger partial charge in [0.15, 0.2) is 5.78 Å². The van der Waals surface area contributed by atoms with Crippen molar-refractivity contribution in [2.45, 2.75) is 64.9 Å². The van der Waals surface area contributed by atoms with Crippen LogP contribution in [-0.4, -0.2) is 17.0 Å². The average molecular weight is 455 g/mol. The molecule has 0 spiro atoms. The number of allylic oxidation sites excluding steroid dienone is 2. The summed E-state index contributed by atoms with van der Waals surface area (Å²) in [5.74, 6) is 2.10. The Labute approximate surface area is 182 Å². The first kappa shape index (κ1) is 19.8. The summed E-state index contributed by atoms with van der Waals surface area (Å²) in [5.41, 5.74) is 3.67. The minimum atomic E-state index is -0.196. The second-order valence-electron chi connectivity index (χ2n) is 10.4. The van der Waals surface area contributed by atoms with Gasteiger partial charge in [0, 0.05) is 9.89 Å². The third kappa shape index (κ3) is 3.03. The van der Waals surface area contributed by atoms with Gasteiger partial charge in [-0.25, -0.2) is 0 Å². The third-order valence-corrected chi connectivity index (χ3v) is 9.46. The van der Waals surface area contributed by atoms with Crippen LogP contribution in [-0.2, 0) is 4.79 Å². The number of carbonyl (C=O) groups is 1. The lowest BCUT2D eigenvalue weighted by Gasteiger charge is -2.56. The highest BCUT2D eigenvalue weighted by atomic mass is 79.9. The first-order chi connectivity index (χ1) is 13.8. The van der Waals surface area contributed by atoms with Crippen LogP contribution in [0, 0.1) is 28.6 Å². The van der Waals surface area contributed by atoms with Crippen molar-refractivity contribution in [1.82, 2.24) is 0 Å². The highest BCUT2D eigenvalue weighted by molar-refractivity contribution is 9.10. The quantitative estimate of drug-likeness (QED) is 0.397. The number of Topliss-reactive ketones (excluding diaryl/α,β-unsaturated/α-hetero) is 1. The van der Waals surface area contributed by atoms with Crippen LogP contribution in [0.25, 0.3) is 6.08 Å². The number of hydrogen-bond acceptors (Lipinski definition) is 2. The molecule has 0 unspecified atom stereocenters. The van der Waals surface area contributed by atoms with E-state index in [2.05, 4.69) is 54.1 Å². The molecule has 29 heavy (non-hydrogen) atoms. The third-order valence-electron chi connectivity index (χ3n) is 8.93. The summed E-state index contributed by atoms with van der Waals surface area (Å²) in [7, 11) is 0. The number of fused-ring (bicyclic) bond motifs is 5. The molecule has 3 heteroatoms. The number of hydrogen-bond donors (Lipinski definition) is 1. The number of aliphatic hydroxyl groups excluding tert-OH is 1. The van der Waals surface area contributed by atoms with Crippen LogP contribution in [0.5, 0.6) is 0 Å². The minimum Gasteiger partial charge on any atom is -0.393 e. The van der Waals surface area contributed by atoms with Gasteiger partial charge in [0.2, 0.25) is 0 Å². The summed E-state index contributed by atoms with van der Waals surface area (Å²) in [6.07, 6.45) is 11.5. The fourth-order valence-electron chi connectivity index (χ4n) is 7.20. The number of ketones is 1. The van der Waals surface area contributed by atoms with E-state index in [1.807, 2.05) is 12.1 Å². The second-order valence-corrected chi connectivity index (χ2v) is 11.3. The van der Waals surface area contributed by atoms with Gasteiger partial charge in [-0.05, 0) is 97.5 Å². The van der Waals surface area contributed by atoms with Gasteiger partial charge in [0.05, 0.1) is 6.10 Å². The van der Waals surface area contributed by atoms with E-state index in [9.17, 15) is 9.90 Å². The van der Waals surface area contributed by atoms with E-state index in [0.29, 0.717) is 23.5 Å². The topological polar surface area (TPSA) is 37.3 Å². The van der Waals surface area contributed by atoms with Crippen LogP contribution in [0.3, 0.4) is 0 Å². The highest BCUT2D eigenvalue weighted by Crippen LogP contribution is 2.64. The average Bonchev–Trinajstić information content (AvgIpc) is 2.95. The fraction of sp³-hybridized carbons (Fsp3) is 0.577. The van der Waals surface area contributed by atoms with Gasteiger partial charge in [0.25, 0.3) is 0 Å². The first-order valence-electron chi connectivity index (χ1n) is 11.2. The molecule has 0 radical (unpaired) electrons. The smallest absolute Gasteiger partial charge is 0.165 e. The molecule has 0 heterocycles. The lowest BCUT2D eigenvalue weighted by atomic mass is 9.48. The molecule has 1 N–H and O–H groups in total. The molecule has 0 bridgehead atoms. The van der Waals surface area contributed by atoms with Crippen molar-refractivity contribution >= 4 is 27.8 Å². The molecule has 5 rings (SSSR count). The van der Waals surface area contributed by atoms with Crippen LogP contribution >= 0.6 is 15.9 Å². The van der Waals surface area contributed by atoms with Crippen molar-refractivity contribution in [3.05, 3.63) is 51.5 Å². The summed E-state index contributed by atoms with van der Waals surface area (Å²) in [6, 6.07) is 8.26. The predicted octanol–water partition coefficient (Wildman–Crippen LogP) is 6.34. The summed E-state index contributed by atoms with van der Waals surface area (Å²) in [4.78, 5) is 13.5. The summed E-state index contributed by atoms with van der Waals surface area (Å²) < 4.78 is 1.07. The van der Waals surface area contributed by atoms with E-state index in [0.717, 1.165) is 60.6 Å². The molecule has 3 fully saturated rings. The maximum atomic E-state index is 13.5. The molecule has 154 valence electrons. The molecule has 0 saturated heterocycles. The lowest BCUT2D eigenvalue weighted by molar-refractivity contribution is -0.130. The van der Waals surface area contributed by atoms with Crippen molar-refractivity contribution in [3.63, 3.8) is 0 Å². The molecule has 3 saturated carbocycles. The van der Waals surface area contributed by atoms with Crippen LogP contribution in [0.2, 0.25) is 0 Å². The molecular weight excluding hydrogens is 424 g/mol. The summed E-state index contributed by atoms with van der Waals surface area (Å²) >= 11 is 3.49. The number of benzene rings is 1. The van der Waals surface area contributed by atoms with Crippen molar-refractivity contribution in [3.8, 4) is 0 Å². The molecule has 6 atom stereocenters. The van der Waals surface area contributed by atoms with Crippen LogP contribution in [0.1, 0.15) is 64.4 Å². The van der Waals surface area contributed by atoms with Gasteiger partial charge >= 0.3 is 0 Å². The predicted molar refractivity (Wildman–Crippen MR) is 120 cm³/mol. The number of aliphatic hydroxyl groups is 1. The van der Waals surface area contributed by atoms with E-state index in [1.165, 1.54) is 5.57 Å². The van der Waals surface area contributed by atoms with Crippen LogP contribution in [0.15, 0.2) is 46.0 Å². The van der Waals surface area contributed by atoms with Gasteiger partial charge < -0.3 is 5.11 Å². The summed E-state index contributed by atoms with van der Waals surface area (Å²) in [5, 5.41) is 10.2. The second kappa shape index (κ2) is 6.92. The van der Waals surface area contributed by atoms with Gasteiger partial charge in [-0.2, -0.15) is 0 Å². The zero-order chi connectivity index (χ0) is 20.4. The Balaban J connectivity index is 1.47. The zero-order valence-electron chi connectivity index (χ0n) is 17.5. The molecule has 1 aromatic carbocycles. The normalized spacial score (nSPS) is 42.8. The molecule has 4 aliphatic carbocycles. The number of rotatable bonds is 1. The lowest BCUT2D eigenvalue weighted by Crippen LogP contribution is -2.50. The Hall–Kier alpha value is -1.19. The van der Waals surface area contributed by atoms with Crippen molar-refractivity contribution in [1.29, 1.82) is 0 Å². The Bertz CT molecular complexity index is 898. The molecule has 4 aliphatic rings. The van der Waals surface area contributed by atoms with Gasteiger partial charge in [-0.1, -0.05) is 53.6 Å². The molecule has 2 nitrogen and oxygen atoms in total. The monoisotopic (exact) mass is 454 g/mol. The first-order valence-corrected chi connectivity index (χ1v) is 12.0. The summed E-state index contributed by atoms with van der Waals surface area (Å²) in [6.45, 7) is 4.68. The van der Waals surface area contributed by atoms with E-state index in [4.69, 9.17) is 0 Å². The SMILES string of the molecule is C[C@]12CC[C@@H](O)CC1=CC[C@H]1[C@H]2CC[C@]2(C)C(=O)/C(=C/c3ccc(Br)cc3)C[C@H]12.